The molecular formula is C14H22N2O. The minimum absolute atomic E-state index is 0.239. The lowest BCUT2D eigenvalue weighted by Gasteiger charge is -2.10. The molecule has 0 bridgehead atoms. The molecule has 0 unspecified atom stereocenters. The average Bonchev–Trinajstić information content (AvgIpc) is 2.91. The Labute approximate surface area is 103 Å². The summed E-state index contributed by atoms with van der Waals surface area (Å²) in [6.07, 6.45) is 4.56. The monoisotopic (exact) mass is 234 g/mol. The summed E-state index contributed by atoms with van der Waals surface area (Å²) >= 11 is 0. The first-order chi connectivity index (χ1) is 8.09. The van der Waals surface area contributed by atoms with Crippen LogP contribution in [0.1, 0.15) is 42.6 Å². The van der Waals surface area contributed by atoms with E-state index in [1.54, 1.807) is 0 Å². The number of rotatable bonds is 3. The van der Waals surface area contributed by atoms with Gasteiger partial charge in [-0.1, -0.05) is 12.8 Å². The van der Waals surface area contributed by atoms with Gasteiger partial charge in [-0.05, 0) is 38.3 Å². The van der Waals surface area contributed by atoms with Gasteiger partial charge in [0, 0.05) is 30.9 Å². The Bertz CT molecular complexity index is 414. The number of hydrogen-bond acceptors (Lipinski definition) is 1. The Morgan fingerprint density at radius 1 is 1.41 bits per heavy atom. The predicted octanol–water partition coefficient (Wildman–Crippen LogP) is 2.45. The number of hydrogen-bond donors (Lipinski definition) is 1. The minimum Gasteiger partial charge on any atom is -0.352 e. The molecule has 0 aromatic carbocycles. The van der Waals surface area contributed by atoms with Crippen molar-refractivity contribution in [2.75, 3.05) is 0 Å². The van der Waals surface area contributed by atoms with Crippen molar-refractivity contribution in [2.45, 2.75) is 46.1 Å². The van der Waals surface area contributed by atoms with Crippen molar-refractivity contribution in [1.29, 1.82) is 0 Å². The maximum Gasteiger partial charge on any atom is 0.223 e. The fourth-order valence-electron chi connectivity index (χ4n) is 2.63. The molecule has 0 radical (unpaired) electrons. The zero-order valence-corrected chi connectivity index (χ0v) is 11.0. The highest BCUT2D eigenvalue weighted by molar-refractivity contribution is 5.78. The van der Waals surface area contributed by atoms with E-state index in [-0.39, 0.29) is 11.8 Å². The van der Waals surface area contributed by atoms with Crippen LogP contribution in [0.25, 0.3) is 0 Å². The molecule has 3 heteroatoms. The van der Waals surface area contributed by atoms with Crippen LogP contribution in [0.15, 0.2) is 6.07 Å². The molecular weight excluding hydrogens is 212 g/mol. The van der Waals surface area contributed by atoms with Crippen LogP contribution in [0, 0.1) is 19.8 Å². The molecule has 0 spiro atoms. The zero-order valence-electron chi connectivity index (χ0n) is 11.0. The Kier molecular flexibility index (Phi) is 3.55. The van der Waals surface area contributed by atoms with E-state index in [1.807, 2.05) is 0 Å². The number of aromatic nitrogens is 1. The van der Waals surface area contributed by atoms with E-state index in [2.05, 4.69) is 36.8 Å². The molecule has 0 saturated heterocycles. The molecule has 1 heterocycles. The number of aryl methyl sites for hydroxylation is 1. The minimum atomic E-state index is 0.239. The number of amides is 1. The van der Waals surface area contributed by atoms with Crippen LogP contribution in [0.5, 0.6) is 0 Å². The standard InChI is InChI=1S/C14H22N2O/c1-10-8-13(11(2)16(10)3)9-15-14(17)12-6-4-5-7-12/h8,12H,4-7,9H2,1-3H3,(H,15,17). The Morgan fingerprint density at radius 3 is 2.59 bits per heavy atom. The lowest BCUT2D eigenvalue weighted by Crippen LogP contribution is -2.28. The van der Waals surface area contributed by atoms with Crippen LogP contribution in [-0.2, 0) is 18.4 Å². The molecule has 1 aliphatic carbocycles. The van der Waals surface area contributed by atoms with Crippen molar-refractivity contribution in [3.8, 4) is 0 Å². The van der Waals surface area contributed by atoms with Crippen molar-refractivity contribution >= 4 is 5.91 Å². The van der Waals surface area contributed by atoms with Gasteiger partial charge in [-0.15, -0.1) is 0 Å². The lowest BCUT2D eigenvalue weighted by atomic mass is 10.1. The van der Waals surface area contributed by atoms with Crippen molar-refractivity contribution in [2.24, 2.45) is 13.0 Å². The van der Waals surface area contributed by atoms with Gasteiger partial charge in [-0.2, -0.15) is 0 Å². The van der Waals surface area contributed by atoms with Crippen molar-refractivity contribution < 1.29 is 4.79 Å². The molecule has 94 valence electrons. The first-order valence-corrected chi connectivity index (χ1v) is 6.49. The first kappa shape index (κ1) is 12.2. The molecule has 1 aromatic heterocycles. The molecule has 1 N–H and O–H groups in total. The third kappa shape index (κ3) is 2.54. The second-order valence-corrected chi connectivity index (χ2v) is 5.15. The SMILES string of the molecule is Cc1cc(CNC(=O)C2CCCC2)c(C)n1C. The molecule has 0 aliphatic heterocycles. The maximum atomic E-state index is 11.9. The van der Waals surface area contributed by atoms with Gasteiger partial charge < -0.3 is 9.88 Å². The fraction of sp³-hybridized carbons (Fsp3) is 0.643. The molecule has 0 atom stereocenters. The third-order valence-corrected chi connectivity index (χ3v) is 4.06. The second-order valence-electron chi connectivity index (χ2n) is 5.15. The summed E-state index contributed by atoms with van der Waals surface area (Å²) in [5, 5.41) is 3.07. The van der Waals surface area contributed by atoms with Crippen LogP contribution in [0.3, 0.4) is 0 Å². The van der Waals surface area contributed by atoms with E-state index >= 15 is 0 Å². The highest BCUT2D eigenvalue weighted by Gasteiger charge is 2.22. The molecule has 1 amide bonds. The second kappa shape index (κ2) is 4.94. The van der Waals surface area contributed by atoms with Gasteiger partial charge in [0.1, 0.15) is 0 Å². The molecule has 17 heavy (non-hydrogen) atoms. The summed E-state index contributed by atoms with van der Waals surface area (Å²) < 4.78 is 2.16. The molecule has 1 fully saturated rings. The number of nitrogens with zero attached hydrogens (tertiary/aromatic N) is 1. The van der Waals surface area contributed by atoms with Gasteiger partial charge in [0.2, 0.25) is 5.91 Å². The Morgan fingerprint density at radius 2 is 2.06 bits per heavy atom. The summed E-state index contributed by atoms with van der Waals surface area (Å²) in [5.74, 6) is 0.503. The van der Waals surface area contributed by atoms with E-state index in [4.69, 9.17) is 0 Å². The highest BCUT2D eigenvalue weighted by Crippen LogP contribution is 2.24. The molecule has 1 aromatic rings. The zero-order chi connectivity index (χ0) is 12.4. The van der Waals surface area contributed by atoms with E-state index in [0.717, 1.165) is 12.8 Å². The van der Waals surface area contributed by atoms with E-state index in [0.29, 0.717) is 6.54 Å². The van der Waals surface area contributed by atoms with Crippen molar-refractivity contribution in [1.82, 2.24) is 9.88 Å². The quantitative estimate of drug-likeness (QED) is 0.856. The van der Waals surface area contributed by atoms with Crippen LogP contribution in [0.2, 0.25) is 0 Å². The van der Waals surface area contributed by atoms with Gasteiger partial charge in [-0.25, -0.2) is 0 Å². The van der Waals surface area contributed by atoms with Crippen LogP contribution >= 0.6 is 0 Å². The predicted molar refractivity (Wildman–Crippen MR) is 68.7 cm³/mol. The number of nitrogens with one attached hydrogen (secondary N) is 1. The Hall–Kier alpha value is -1.25. The molecule has 1 aliphatic rings. The van der Waals surface area contributed by atoms with E-state index in [9.17, 15) is 4.79 Å². The van der Waals surface area contributed by atoms with Gasteiger partial charge >= 0.3 is 0 Å². The molecule has 1 saturated carbocycles. The van der Waals surface area contributed by atoms with Gasteiger partial charge in [-0.3, -0.25) is 4.79 Å². The smallest absolute Gasteiger partial charge is 0.223 e. The van der Waals surface area contributed by atoms with Crippen LogP contribution < -0.4 is 5.32 Å². The molecule has 2 rings (SSSR count). The number of carbonyl (C=O) groups is 1. The van der Waals surface area contributed by atoms with Gasteiger partial charge in [0.05, 0.1) is 0 Å². The summed E-state index contributed by atoms with van der Waals surface area (Å²) in [6, 6.07) is 2.16. The average molecular weight is 234 g/mol. The van der Waals surface area contributed by atoms with Crippen molar-refractivity contribution in [3.05, 3.63) is 23.0 Å². The van der Waals surface area contributed by atoms with E-state index < -0.39 is 0 Å². The lowest BCUT2D eigenvalue weighted by molar-refractivity contribution is -0.124. The summed E-state index contributed by atoms with van der Waals surface area (Å²) in [6.45, 7) is 4.86. The third-order valence-electron chi connectivity index (χ3n) is 4.06. The Balaban J connectivity index is 1.93. The van der Waals surface area contributed by atoms with E-state index in [1.165, 1.54) is 29.8 Å². The van der Waals surface area contributed by atoms with Gasteiger partial charge in [0.25, 0.3) is 0 Å². The molecule has 3 nitrogen and oxygen atoms in total. The summed E-state index contributed by atoms with van der Waals surface area (Å²) in [4.78, 5) is 11.9. The maximum absolute atomic E-state index is 11.9. The van der Waals surface area contributed by atoms with Gasteiger partial charge in [0.15, 0.2) is 0 Å². The fourth-order valence-corrected chi connectivity index (χ4v) is 2.63. The normalized spacial score (nSPS) is 16.4. The highest BCUT2D eigenvalue weighted by atomic mass is 16.1. The van der Waals surface area contributed by atoms with Crippen LogP contribution in [0.4, 0.5) is 0 Å². The van der Waals surface area contributed by atoms with Crippen LogP contribution in [-0.4, -0.2) is 10.5 Å². The summed E-state index contributed by atoms with van der Waals surface area (Å²) in [5.41, 5.74) is 3.72. The summed E-state index contributed by atoms with van der Waals surface area (Å²) in [7, 11) is 2.06. The number of carbonyl (C=O) groups excluding carboxylic acids is 1. The largest absolute Gasteiger partial charge is 0.352 e. The first-order valence-electron chi connectivity index (χ1n) is 6.49. The topological polar surface area (TPSA) is 34.0 Å². The van der Waals surface area contributed by atoms with Crippen molar-refractivity contribution in [3.63, 3.8) is 0 Å².